The van der Waals surface area contributed by atoms with Crippen molar-refractivity contribution in [3.63, 3.8) is 0 Å². The van der Waals surface area contributed by atoms with Crippen molar-refractivity contribution in [3.8, 4) is 0 Å². The molecule has 0 aliphatic rings. The summed E-state index contributed by atoms with van der Waals surface area (Å²) < 4.78 is 2.13. The van der Waals surface area contributed by atoms with Crippen molar-refractivity contribution in [1.82, 2.24) is 15.1 Å². The summed E-state index contributed by atoms with van der Waals surface area (Å²) in [6.07, 6.45) is 1.11. The van der Waals surface area contributed by atoms with Gasteiger partial charge in [-0.2, -0.15) is 5.10 Å². The van der Waals surface area contributed by atoms with Crippen LogP contribution in [0, 0.1) is 18.8 Å². The number of aryl methyl sites for hydroxylation is 2. The normalized spacial score (nSPS) is 15.5. The van der Waals surface area contributed by atoms with Crippen molar-refractivity contribution >= 4 is 0 Å². The Kier molecular flexibility index (Phi) is 5.60. The lowest BCUT2D eigenvalue weighted by Crippen LogP contribution is -2.40. The molecule has 1 aromatic heterocycles. The van der Waals surface area contributed by atoms with E-state index in [2.05, 4.69) is 69.6 Å². The van der Waals surface area contributed by atoms with E-state index in [0.717, 1.165) is 25.2 Å². The lowest BCUT2D eigenvalue weighted by atomic mass is 9.90. The maximum absolute atomic E-state index is 4.53. The van der Waals surface area contributed by atoms with Gasteiger partial charge in [0, 0.05) is 17.8 Å². The Hall–Kier alpha value is -0.830. The first-order chi connectivity index (χ1) is 8.73. The number of nitrogens with one attached hydrogen (secondary N) is 1. The second-order valence-electron chi connectivity index (χ2n) is 6.88. The number of rotatable bonds is 6. The molecule has 0 saturated carbocycles. The van der Waals surface area contributed by atoms with Gasteiger partial charge in [0.1, 0.15) is 0 Å². The summed E-state index contributed by atoms with van der Waals surface area (Å²) in [6, 6.07) is 2.23. The van der Waals surface area contributed by atoms with E-state index in [1.165, 1.54) is 5.69 Å². The Balaban J connectivity index is 2.56. The van der Waals surface area contributed by atoms with Crippen LogP contribution in [0.4, 0.5) is 0 Å². The Morgan fingerprint density at radius 2 is 1.89 bits per heavy atom. The Labute approximate surface area is 118 Å². The number of hydrogen-bond donors (Lipinski definition) is 1. The van der Waals surface area contributed by atoms with E-state index in [1.54, 1.807) is 0 Å². The van der Waals surface area contributed by atoms with Crippen molar-refractivity contribution in [3.05, 3.63) is 17.5 Å². The molecule has 0 radical (unpaired) electrons. The van der Waals surface area contributed by atoms with Crippen molar-refractivity contribution < 1.29 is 0 Å². The zero-order valence-electron chi connectivity index (χ0n) is 13.7. The third kappa shape index (κ3) is 5.35. The monoisotopic (exact) mass is 265 g/mol. The number of hydrogen-bond acceptors (Lipinski definition) is 2. The fourth-order valence-electron chi connectivity index (χ4n) is 2.24. The third-order valence-corrected chi connectivity index (χ3v) is 3.74. The summed E-state index contributed by atoms with van der Waals surface area (Å²) >= 11 is 0. The SMILES string of the molecule is CCn1nc(C)cc1CC(C)C(C)CNC(C)(C)C. The molecular formula is C16H31N3. The average Bonchev–Trinajstić information content (AvgIpc) is 2.65. The van der Waals surface area contributed by atoms with Crippen LogP contribution in [0.3, 0.4) is 0 Å². The van der Waals surface area contributed by atoms with Gasteiger partial charge < -0.3 is 5.32 Å². The summed E-state index contributed by atoms with van der Waals surface area (Å²) in [5.74, 6) is 1.33. The zero-order valence-corrected chi connectivity index (χ0v) is 13.7. The highest BCUT2D eigenvalue weighted by atomic mass is 15.3. The molecule has 0 aromatic carbocycles. The summed E-state index contributed by atoms with van der Waals surface area (Å²) in [5.41, 5.74) is 2.70. The summed E-state index contributed by atoms with van der Waals surface area (Å²) in [7, 11) is 0. The van der Waals surface area contributed by atoms with Crippen LogP contribution >= 0.6 is 0 Å². The highest BCUT2D eigenvalue weighted by Crippen LogP contribution is 2.18. The first kappa shape index (κ1) is 16.2. The zero-order chi connectivity index (χ0) is 14.6. The van der Waals surface area contributed by atoms with Crippen LogP contribution in [0.15, 0.2) is 6.07 Å². The van der Waals surface area contributed by atoms with Gasteiger partial charge >= 0.3 is 0 Å². The molecule has 2 atom stereocenters. The van der Waals surface area contributed by atoms with Crippen LogP contribution in [0.1, 0.15) is 52.9 Å². The van der Waals surface area contributed by atoms with E-state index in [4.69, 9.17) is 0 Å². The lowest BCUT2D eigenvalue weighted by Gasteiger charge is -2.26. The lowest BCUT2D eigenvalue weighted by molar-refractivity contribution is 0.313. The predicted molar refractivity (Wildman–Crippen MR) is 82.4 cm³/mol. The minimum atomic E-state index is 0.204. The van der Waals surface area contributed by atoms with Gasteiger partial charge in [-0.15, -0.1) is 0 Å². The minimum absolute atomic E-state index is 0.204. The second kappa shape index (κ2) is 6.56. The molecule has 2 unspecified atom stereocenters. The summed E-state index contributed by atoms with van der Waals surface area (Å²) in [5, 5.41) is 8.13. The molecule has 3 nitrogen and oxygen atoms in total. The maximum atomic E-state index is 4.53. The molecule has 19 heavy (non-hydrogen) atoms. The van der Waals surface area contributed by atoms with Gasteiger partial charge in [0.2, 0.25) is 0 Å². The van der Waals surface area contributed by atoms with E-state index >= 15 is 0 Å². The van der Waals surface area contributed by atoms with Gasteiger partial charge in [0.25, 0.3) is 0 Å². The molecule has 1 aromatic rings. The second-order valence-corrected chi connectivity index (χ2v) is 6.88. The first-order valence-corrected chi connectivity index (χ1v) is 7.51. The van der Waals surface area contributed by atoms with Crippen molar-refractivity contribution in [2.45, 2.75) is 67.0 Å². The van der Waals surface area contributed by atoms with Crippen LogP contribution in [0.5, 0.6) is 0 Å². The third-order valence-electron chi connectivity index (χ3n) is 3.74. The van der Waals surface area contributed by atoms with E-state index in [9.17, 15) is 0 Å². The number of aromatic nitrogens is 2. The molecule has 1 N–H and O–H groups in total. The molecule has 0 fully saturated rings. The van der Waals surface area contributed by atoms with Crippen molar-refractivity contribution in [2.24, 2.45) is 11.8 Å². The van der Waals surface area contributed by atoms with E-state index in [0.29, 0.717) is 11.8 Å². The molecular weight excluding hydrogens is 234 g/mol. The van der Waals surface area contributed by atoms with Crippen LogP contribution in [0.25, 0.3) is 0 Å². The quantitative estimate of drug-likeness (QED) is 0.854. The Morgan fingerprint density at radius 3 is 2.42 bits per heavy atom. The predicted octanol–water partition coefficient (Wildman–Crippen LogP) is 3.41. The van der Waals surface area contributed by atoms with Crippen molar-refractivity contribution in [2.75, 3.05) is 6.54 Å². The molecule has 1 rings (SSSR count). The number of nitrogens with zero attached hydrogens (tertiary/aromatic N) is 2. The average molecular weight is 265 g/mol. The molecule has 0 bridgehead atoms. The fourth-order valence-corrected chi connectivity index (χ4v) is 2.24. The van der Waals surface area contributed by atoms with Gasteiger partial charge in [0.05, 0.1) is 5.69 Å². The largest absolute Gasteiger partial charge is 0.312 e. The molecule has 0 aliphatic carbocycles. The molecule has 0 amide bonds. The van der Waals surface area contributed by atoms with Crippen LogP contribution in [-0.2, 0) is 13.0 Å². The van der Waals surface area contributed by atoms with Gasteiger partial charge in [-0.05, 0) is 65.5 Å². The molecule has 110 valence electrons. The summed E-state index contributed by atoms with van der Waals surface area (Å²) in [4.78, 5) is 0. The minimum Gasteiger partial charge on any atom is -0.312 e. The van der Waals surface area contributed by atoms with Gasteiger partial charge in [0.15, 0.2) is 0 Å². The fraction of sp³-hybridized carbons (Fsp3) is 0.812. The van der Waals surface area contributed by atoms with Crippen molar-refractivity contribution in [1.29, 1.82) is 0 Å². The first-order valence-electron chi connectivity index (χ1n) is 7.51. The van der Waals surface area contributed by atoms with Crippen LogP contribution < -0.4 is 5.32 Å². The van der Waals surface area contributed by atoms with Crippen LogP contribution in [-0.4, -0.2) is 21.9 Å². The van der Waals surface area contributed by atoms with Crippen LogP contribution in [0.2, 0.25) is 0 Å². The van der Waals surface area contributed by atoms with Gasteiger partial charge in [-0.3, -0.25) is 4.68 Å². The topological polar surface area (TPSA) is 29.9 Å². The Bertz CT molecular complexity index is 387. The van der Waals surface area contributed by atoms with E-state index in [-0.39, 0.29) is 5.54 Å². The summed E-state index contributed by atoms with van der Waals surface area (Å²) in [6.45, 7) is 17.6. The van der Waals surface area contributed by atoms with Gasteiger partial charge in [-0.1, -0.05) is 13.8 Å². The Morgan fingerprint density at radius 1 is 1.26 bits per heavy atom. The van der Waals surface area contributed by atoms with E-state index in [1.807, 2.05) is 0 Å². The smallest absolute Gasteiger partial charge is 0.0596 e. The molecule has 0 saturated heterocycles. The van der Waals surface area contributed by atoms with Gasteiger partial charge in [-0.25, -0.2) is 0 Å². The molecule has 1 heterocycles. The maximum Gasteiger partial charge on any atom is 0.0596 e. The standard InChI is InChI=1S/C16H31N3/c1-8-19-15(10-14(4)18-19)9-12(2)13(3)11-17-16(5,6)7/h10,12-13,17H,8-9,11H2,1-7H3. The van der Waals surface area contributed by atoms with E-state index < -0.39 is 0 Å². The highest BCUT2D eigenvalue weighted by molar-refractivity contribution is 5.09. The molecule has 3 heteroatoms. The highest BCUT2D eigenvalue weighted by Gasteiger charge is 2.18. The molecule has 0 aliphatic heterocycles. The molecule has 0 spiro atoms.